The molecule has 1 aromatic heterocycles. The Labute approximate surface area is 189 Å². The molecule has 6 heteroatoms. The van der Waals surface area contributed by atoms with Gasteiger partial charge in [-0.2, -0.15) is 0 Å². The fraction of sp³-hybridized carbons (Fsp3) is 0.769. The van der Waals surface area contributed by atoms with E-state index in [9.17, 15) is 19.8 Å². The predicted octanol–water partition coefficient (Wildman–Crippen LogP) is 3.78. The van der Waals surface area contributed by atoms with E-state index in [1.54, 1.807) is 0 Å². The molecule has 0 bridgehead atoms. The van der Waals surface area contributed by atoms with Crippen molar-refractivity contribution >= 4 is 5.97 Å². The standard InChI is InChI=1S/C26H36O6/c1-15(27)32-18-8-10-24(2)17(12-18)5-6-20-23(24)21(28)13-25(3)19(9-11-26(20,25)30)16-4-7-22(29)31-14-16/h4,7,14,17-21,23,28,30H,5-6,8-13H2,1-3H3/t17-,18+,19-,20?,21-,23?,24+,25-,26+/m1/s1. The number of aliphatic hydroxyl groups excluding tert-OH is 1. The summed E-state index contributed by atoms with van der Waals surface area (Å²) in [5.41, 5.74) is -0.806. The van der Waals surface area contributed by atoms with Gasteiger partial charge in [0.15, 0.2) is 0 Å². The lowest BCUT2D eigenvalue weighted by Gasteiger charge is -2.65. The van der Waals surface area contributed by atoms with E-state index in [2.05, 4.69) is 13.8 Å². The van der Waals surface area contributed by atoms with Gasteiger partial charge in [0, 0.05) is 18.4 Å². The maximum Gasteiger partial charge on any atom is 0.335 e. The Morgan fingerprint density at radius 3 is 2.62 bits per heavy atom. The lowest BCUT2D eigenvalue weighted by atomic mass is 9.42. The molecule has 4 saturated carbocycles. The van der Waals surface area contributed by atoms with Crippen LogP contribution in [0.15, 0.2) is 27.6 Å². The number of carbonyl (C=O) groups excluding carboxylic acids is 1. The Morgan fingerprint density at radius 1 is 1.16 bits per heavy atom. The second-order valence-corrected chi connectivity index (χ2v) is 11.5. The Kier molecular flexibility index (Phi) is 5.14. The van der Waals surface area contributed by atoms with Crippen molar-refractivity contribution in [2.45, 2.75) is 95.9 Å². The van der Waals surface area contributed by atoms with Crippen LogP contribution in [0.2, 0.25) is 0 Å². The SMILES string of the molecule is CC(=O)O[C@H]1CC[C@]2(C)C3C(CC[C@@H]2C1)[C@@]1(O)CC[C@H](c2ccc(=O)oc2)[C@@]1(C)C[C@H]3O. The summed E-state index contributed by atoms with van der Waals surface area (Å²) >= 11 is 0. The van der Waals surface area contributed by atoms with Gasteiger partial charge in [-0.05, 0) is 92.1 Å². The number of hydrogen-bond acceptors (Lipinski definition) is 6. The number of rotatable bonds is 2. The lowest BCUT2D eigenvalue weighted by molar-refractivity contribution is -0.240. The molecule has 0 spiro atoms. The van der Waals surface area contributed by atoms with Crippen molar-refractivity contribution in [2.75, 3.05) is 0 Å². The fourth-order valence-corrected chi connectivity index (χ4v) is 8.73. The summed E-state index contributed by atoms with van der Waals surface area (Å²) in [6.45, 7) is 5.90. The highest BCUT2D eigenvalue weighted by atomic mass is 16.5. The van der Waals surface area contributed by atoms with Crippen molar-refractivity contribution in [3.05, 3.63) is 34.4 Å². The lowest BCUT2D eigenvalue weighted by Crippen LogP contribution is -2.66. The first kappa shape index (κ1) is 22.1. The molecular weight excluding hydrogens is 408 g/mol. The molecule has 6 nitrogen and oxygen atoms in total. The molecule has 4 fully saturated rings. The van der Waals surface area contributed by atoms with Crippen LogP contribution in [0.25, 0.3) is 0 Å². The quantitative estimate of drug-likeness (QED) is 0.674. The van der Waals surface area contributed by atoms with Crippen molar-refractivity contribution < 1.29 is 24.2 Å². The maximum absolute atomic E-state index is 12.3. The number of carbonyl (C=O) groups is 1. The first-order valence-electron chi connectivity index (χ1n) is 12.2. The zero-order valence-corrected chi connectivity index (χ0v) is 19.4. The summed E-state index contributed by atoms with van der Waals surface area (Å²) in [6.07, 6.45) is 7.57. The zero-order valence-electron chi connectivity index (χ0n) is 19.4. The molecule has 0 aromatic carbocycles. The Hall–Kier alpha value is -1.66. The van der Waals surface area contributed by atoms with Gasteiger partial charge >= 0.3 is 11.6 Å². The smallest absolute Gasteiger partial charge is 0.335 e. The Bertz CT molecular complexity index is 935. The second kappa shape index (κ2) is 7.42. The monoisotopic (exact) mass is 444 g/mol. The molecule has 0 amide bonds. The summed E-state index contributed by atoms with van der Waals surface area (Å²) in [5, 5.41) is 23.9. The molecule has 32 heavy (non-hydrogen) atoms. The number of fused-ring (bicyclic) bond motifs is 5. The average molecular weight is 445 g/mol. The molecule has 5 rings (SSSR count). The largest absolute Gasteiger partial charge is 0.463 e. The predicted molar refractivity (Wildman–Crippen MR) is 118 cm³/mol. The van der Waals surface area contributed by atoms with Gasteiger partial charge in [0.1, 0.15) is 6.10 Å². The summed E-state index contributed by atoms with van der Waals surface area (Å²) in [7, 11) is 0. The van der Waals surface area contributed by atoms with E-state index in [1.807, 2.05) is 6.07 Å². The number of aliphatic hydroxyl groups is 2. The minimum atomic E-state index is -0.849. The zero-order chi connectivity index (χ0) is 22.9. The minimum absolute atomic E-state index is 0.0280. The summed E-state index contributed by atoms with van der Waals surface area (Å²) < 4.78 is 10.7. The van der Waals surface area contributed by atoms with Crippen LogP contribution in [0.4, 0.5) is 0 Å². The van der Waals surface area contributed by atoms with E-state index in [4.69, 9.17) is 9.15 Å². The molecule has 1 aromatic rings. The Morgan fingerprint density at radius 2 is 1.94 bits per heavy atom. The van der Waals surface area contributed by atoms with E-state index < -0.39 is 17.1 Å². The van der Waals surface area contributed by atoms with Crippen LogP contribution in [-0.2, 0) is 9.53 Å². The van der Waals surface area contributed by atoms with E-state index >= 15 is 0 Å². The topological polar surface area (TPSA) is 97.0 Å². The van der Waals surface area contributed by atoms with E-state index in [1.165, 1.54) is 19.3 Å². The highest BCUT2D eigenvalue weighted by Crippen LogP contribution is 2.70. The number of esters is 1. The molecule has 0 aliphatic heterocycles. The van der Waals surface area contributed by atoms with Crippen molar-refractivity contribution in [1.82, 2.24) is 0 Å². The van der Waals surface area contributed by atoms with Gasteiger partial charge in [0.2, 0.25) is 0 Å². The maximum atomic E-state index is 12.3. The van der Waals surface area contributed by atoms with Gasteiger partial charge in [-0.1, -0.05) is 13.8 Å². The molecule has 1 heterocycles. The minimum Gasteiger partial charge on any atom is -0.463 e. The van der Waals surface area contributed by atoms with E-state index in [-0.39, 0.29) is 40.9 Å². The molecule has 4 aliphatic carbocycles. The van der Waals surface area contributed by atoms with E-state index in [0.717, 1.165) is 44.1 Å². The van der Waals surface area contributed by atoms with Crippen LogP contribution < -0.4 is 5.63 Å². The summed E-state index contributed by atoms with van der Waals surface area (Å²) in [6, 6.07) is 3.27. The van der Waals surface area contributed by atoms with Crippen LogP contribution in [0, 0.1) is 28.6 Å². The molecule has 176 valence electrons. The fourth-order valence-electron chi connectivity index (χ4n) is 8.73. The van der Waals surface area contributed by atoms with Gasteiger partial charge in [-0.25, -0.2) is 4.79 Å². The Balaban J connectivity index is 1.45. The van der Waals surface area contributed by atoms with Gasteiger partial charge in [0.05, 0.1) is 18.0 Å². The van der Waals surface area contributed by atoms with Crippen LogP contribution in [0.3, 0.4) is 0 Å². The molecule has 0 saturated heterocycles. The molecule has 4 aliphatic rings. The van der Waals surface area contributed by atoms with Crippen LogP contribution in [0.1, 0.15) is 83.6 Å². The van der Waals surface area contributed by atoms with Crippen LogP contribution in [-0.4, -0.2) is 34.0 Å². The average Bonchev–Trinajstić information content (AvgIpc) is 2.99. The summed E-state index contributed by atoms with van der Waals surface area (Å²) in [5.74, 6) is 0.320. The highest BCUT2D eigenvalue weighted by Gasteiger charge is 2.69. The highest BCUT2D eigenvalue weighted by molar-refractivity contribution is 5.66. The van der Waals surface area contributed by atoms with Crippen molar-refractivity contribution in [1.29, 1.82) is 0 Å². The molecule has 2 N–H and O–H groups in total. The van der Waals surface area contributed by atoms with Gasteiger partial charge < -0.3 is 19.4 Å². The third kappa shape index (κ3) is 3.05. The molecule has 9 atom stereocenters. The van der Waals surface area contributed by atoms with Crippen molar-refractivity contribution in [3.63, 3.8) is 0 Å². The second-order valence-electron chi connectivity index (χ2n) is 11.5. The molecule has 2 unspecified atom stereocenters. The first-order chi connectivity index (χ1) is 15.1. The van der Waals surface area contributed by atoms with Crippen molar-refractivity contribution in [2.24, 2.45) is 28.6 Å². The first-order valence-corrected chi connectivity index (χ1v) is 12.2. The third-order valence-corrected chi connectivity index (χ3v) is 10.2. The van der Waals surface area contributed by atoms with E-state index in [0.29, 0.717) is 18.8 Å². The van der Waals surface area contributed by atoms with Gasteiger partial charge in [-0.3, -0.25) is 4.79 Å². The normalized spacial score (nSPS) is 47.8. The molecule has 0 radical (unpaired) electrons. The third-order valence-electron chi connectivity index (χ3n) is 10.2. The van der Waals surface area contributed by atoms with Crippen molar-refractivity contribution in [3.8, 4) is 0 Å². The molecular formula is C26H36O6. The van der Waals surface area contributed by atoms with Crippen LogP contribution >= 0.6 is 0 Å². The van der Waals surface area contributed by atoms with Gasteiger partial charge in [0.25, 0.3) is 0 Å². The number of ether oxygens (including phenoxy) is 1. The van der Waals surface area contributed by atoms with Gasteiger partial charge in [-0.15, -0.1) is 0 Å². The number of hydrogen-bond donors (Lipinski definition) is 2. The summed E-state index contributed by atoms with van der Waals surface area (Å²) in [4.78, 5) is 23.0. The van der Waals surface area contributed by atoms with Crippen LogP contribution in [0.5, 0.6) is 0 Å².